The van der Waals surface area contributed by atoms with Crippen molar-refractivity contribution < 1.29 is 4.39 Å². The second-order valence-electron chi connectivity index (χ2n) is 9.21. The molecule has 0 aliphatic rings. The highest BCUT2D eigenvalue weighted by molar-refractivity contribution is 5.80. The van der Waals surface area contributed by atoms with Gasteiger partial charge in [0.2, 0.25) is 0 Å². The summed E-state index contributed by atoms with van der Waals surface area (Å²) in [4.78, 5) is 2.15. The number of hydrogen-bond donors (Lipinski definition) is 0. The van der Waals surface area contributed by atoms with E-state index in [0.29, 0.717) is 0 Å². The Labute approximate surface area is 223 Å². The second-order valence-corrected chi connectivity index (χ2v) is 9.21. The predicted molar refractivity (Wildman–Crippen MR) is 157 cm³/mol. The first-order chi connectivity index (χ1) is 18.7. The van der Waals surface area contributed by atoms with Gasteiger partial charge < -0.3 is 4.90 Å². The lowest BCUT2D eigenvalue weighted by molar-refractivity contribution is 0.628. The maximum atomic E-state index is 13.8. The summed E-state index contributed by atoms with van der Waals surface area (Å²) in [5.41, 5.74) is 9.97. The highest BCUT2D eigenvalue weighted by Gasteiger charge is 2.13. The van der Waals surface area contributed by atoms with Gasteiger partial charge in [0.05, 0.1) is 0 Å². The van der Waals surface area contributed by atoms with E-state index in [1.807, 2.05) is 36.4 Å². The van der Waals surface area contributed by atoms with Crippen molar-refractivity contribution in [1.82, 2.24) is 0 Å². The van der Waals surface area contributed by atoms with Gasteiger partial charge in [-0.3, -0.25) is 0 Å². The quantitative estimate of drug-likeness (QED) is 0.224. The molecule has 38 heavy (non-hydrogen) atoms. The summed E-state index contributed by atoms with van der Waals surface area (Å²) in [6, 6.07) is 53.0. The molecule has 0 N–H and O–H groups in total. The Bertz CT molecular complexity index is 1610. The van der Waals surface area contributed by atoms with E-state index in [1.165, 1.54) is 28.8 Å². The first kappa shape index (κ1) is 23.4. The standard InChI is InChI=1S/C36H26FN/c37-33-19-25-36(26-20-33)38(34-21-15-31(16-22-34)28-9-5-2-6-10-28)35-23-17-32(18-24-35)30-13-11-29(12-14-30)27-7-3-1-4-8-27/h1-26H. The number of nitrogens with zero attached hydrogens (tertiary/aromatic N) is 1. The normalized spacial score (nSPS) is 10.8. The summed E-state index contributed by atoms with van der Waals surface area (Å²) >= 11 is 0. The number of benzene rings is 6. The van der Waals surface area contributed by atoms with Crippen LogP contribution in [0.15, 0.2) is 158 Å². The monoisotopic (exact) mass is 491 g/mol. The second kappa shape index (κ2) is 10.6. The summed E-state index contributed by atoms with van der Waals surface area (Å²) in [6.45, 7) is 0. The van der Waals surface area contributed by atoms with Crippen molar-refractivity contribution in [2.24, 2.45) is 0 Å². The Kier molecular flexibility index (Phi) is 6.53. The molecule has 2 heteroatoms. The number of halogens is 1. The van der Waals surface area contributed by atoms with Crippen molar-refractivity contribution in [2.75, 3.05) is 4.90 Å². The summed E-state index contributed by atoms with van der Waals surface area (Å²) in [5, 5.41) is 0. The highest BCUT2D eigenvalue weighted by atomic mass is 19.1. The van der Waals surface area contributed by atoms with E-state index >= 15 is 0 Å². The summed E-state index contributed by atoms with van der Waals surface area (Å²) in [7, 11) is 0. The molecule has 0 fully saturated rings. The van der Waals surface area contributed by atoms with Crippen molar-refractivity contribution in [2.45, 2.75) is 0 Å². The fourth-order valence-electron chi connectivity index (χ4n) is 4.76. The number of rotatable bonds is 6. The maximum Gasteiger partial charge on any atom is 0.123 e. The van der Waals surface area contributed by atoms with Crippen LogP contribution in [-0.4, -0.2) is 0 Å². The van der Waals surface area contributed by atoms with Crippen LogP contribution in [0.4, 0.5) is 21.5 Å². The summed E-state index contributed by atoms with van der Waals surface area (Å²) in [6.07, 6.45) is 0. The number of anilines is 3. The molecule has 0 heterocycles. The lowest BCUT2D eigenvalue weighted by Crippen LogP contribution is -2.09. The Morgan fingerprint density at radius 3 is 0.895 bits per heavy atom. The minimum Gasteiger partial charge on any atom is -0.311 e. The highest BCUT2D eigenvalue weighted by Crippen LogP contribution is 2.37. The fraction of sp³-hybridized carbons (Fsp3) is 0. The topological polar surface area (TPSA) is 3.24 Å². The minimum atomic E-state index is -0.248. The van der Waals surface area contributed by atoms with Crippen molar-refractivity contribution in [3.05, 3.63) is 164 Å². The smallest absolute Gasteiger partial charge is 0.123 e. The maximum absolute atomic E-state index is 13.8. The van der Waals surface area contributed by atoms with Gasteiger partial charge in [0.25, 0.3) is 0 Å². The van der Waals surface area contributed by atoms with Crippen LogP contribution in [0.5, 0.6) is 0 Å². The van der Waals surface area contributed by atoms with Crippen LogP contribution in [0.1, 0.15) is 0 Å². The van der Waals surface area contributed by atoms with Crippen LogP contribution in [0.3, 0.4) is 0 Å². The zero-order valence-electron chi connectivity index (χ0n) is 20.8. The molecule has 0 amide bonds. The summed E-state index contributed by atoms with van der Waals surface area (Å²) in [5.74, 6) is -0.248. The first-order valence-electron chi connectivity index (χ1n) is 12.7. The number of hydrogen-bond acceptors (Lipinski definition) is 1. The molecule has 0 bridgehead atoms. The molecule has 1 nitrogen and oxygen atoms in total. The Balaban J connectivity index is 1.32. The lowest BCUT2D eigenvalue weighted by Gasteiger charge is -2.26. The molecule has 0 aromatic heterocycles. The first-order valence-corrected chi connectivity index (χ1v) is 12.7. The van der Waals surface area contributed by atoms with Crippen molar-refractivity contribution in [3.8, 4) is 33.4 Å². The van der Waals surface area contributed by atoms with Crippen LogP contribution < -0.4 is 4.90 Å². The SMILES string of the molecule is Fc1ccc(N(c2ccc(-c3ccccc3)cc2)c2ccc(-c3ccc(-c4ccccc4)cc3)cc2)cc1. The van der Waals surface area contributed by atoms with E-state index < -0.39 is 0 Å². The molecular weight excluding hydrogens is 465 g/mol. The molecule has 0 saturated heterocycles. The third kappa shape index (κ3) is 4.98. The molecular formula is C36H26FN. The molecule has 0 radical (unpaired) electrons. The Morgan fingerprint density at radius 2 is 0.553 bits per heavy atom. The van der Waals surface area contributed by atoms with Crippen LogP contribution in [0, 0.1) is 5.82 Å². The largest absolute Gasteiger partial charge is 0.311 e. The zero-order valence-corrected chi connectivity index (χ0v) is 20.8. The van der Waals surface area contributed by atoms with Crippen LogP contribution in [-0.2, 0) is 0 Å². The van der Waals surface area contributed by atoms with E-state index in [2.05, 4.69) is 114 Å². The van der Waals surface area contributed by atoms with Gasteiger partial charge in [0.15, 0.2) is 0 Å². The van der Waals surface area contributed by atoms with Gasteiger partial charge in [-0.05, 0) is 81.9 Å². The molecule has 182 valence electrons. The van der Waals surface area contributed by atoms with Gasteiger partial charge in [0.1, 0.15) is 5.82 Å². The van der Waals surface area contributed by atoms with Crippen LogP contribution >= 0.6 is 0 Å². The van der Waals surface area contributed by atoms with Gasteiger partial charge in [-0.25, -0.2) is 4.39 Å². The average Bonchev–Trinajstić information content (AvgIpc) is 3.00. The fourth-order valence-corrected chi connectivity index (χ4v) is 4.76. The minimum absolute atomic E-state index is 0.248. The van der Waals surface area contributed by atoms with Crippen molar-refractivity contribution >= 4 is 17.1 Å². The van der Waals surface area contributed by atoms with Gasteiger partial charge in [-0.15, -0.1) is 0 Å². The predicted octanol–water partition coefficient (Wildman–Crippen LogP) is 10.3. The Morgan fingerprint density at radius 1 is 0.289 bits per heavy atom. The van der Waals surface area contributed by atoms with Crippen molar-refractivity contribution in [1.29, 1.82) is 0 Å². The van der Waals surface area contributed by atoms with E-state index in [9.17, 15) is 4.39 Å². The lowest BCUT2D eigenvalue weighted by atomic mass is 10.00. The molecule has 0 aliphatic carbocycles. The molecule has 0 aliphatic heterocycles. The molecule has 6 aromatic rings. The van der Waals surface area contributed by atoms with Gasteiger partial charge in [0, 0.05) is 17.1 Å². The van der Waals surface area contributed by atoms with Crippen molar-refractivity contribution in [3.63, 3.8) is 0 Å². The van der Waals surface area contributed by atoms with Gasteiger partial charge in [-0.1, -0.05) is 109 Å². The molecule has 6 rings (SSSR count). The van der Waals surface area contributed by atoms with E-state index in [0.717, 1.165) is 33.8 Å². The van der Waals surface area contributed by atoms with E-state index in [1.54, 1.807) is 0 Å². The molecule has 0 unspecified atom stereocenters. The third-order valence-electron chi connectivity index (χ3n) is 6.77. The van der Waals surface area contributed by atoms with Crippen LogP contribution in [0.2, 0.25) is 0 Å². The molecule has 0 saturated carbocycles. The zero-order chi connectivity index (χ0) is 25.7. The summed E-state index contributed by atoms with van der Waals surface area (Å²) < 4.78 is 13.8. The average molecular weight is 492 g/mol. The molecule has 0 spiro atoms. The molecule has 0 atom stereocenters. The van der Waals surface area contributed by atoms with E-state index in [-0.39, 0.29) is 5.82 Å². The Hall–Kier alpha value is -4.95. The van der Waals surface area contributed by atoms with Gasteiger partial charge >= 0.3 is 0 Å². The van der Waals surface area contributed by atoms with Crippen LogP contribution in [0.25, 0.3) is 33.4 Å². The van der Waals surface area contributed by atoms with Gasteiger partial charge in [-0.2, -0.15) is 0 Å². The molecule has 6 aromatic carbocycles. The third-order valence-corrected chi connectivity index (χ3v) is 6.77. The van der Waals surface area contributed by atoms with E-state index in [4.69, 9.17) is 0 Å².